The van der Waals surface area contributed by atoms with Gasteiger partial charge in [-0.1, -0.05) is 54.6 Å². The highest BCUT2D eigenvalue weighted by Gasteiger charge is 2.56. The van der Waals surface area contributed by atoms with Crippen molar-refractivity contribution in [3.63, 3.8) is 0 Å². The lowest BCUT2D eigenvalue weighted by molar-refractivity contribution is -0.384. The average molecular weight is 458 g/mol. The molecule has 9 heteroatoms. The fourth-order valence-electron chi connectivity index (χ4n) is 4.09. The lowest BCUT2D eigenvalue weighted by atomic mass is 9.98. The molecule has 0 N–H and O–H groups in total. The van der Waals surface area contributed by atoms with Crippen LogP contribution in [0.3, 0.4) is 0 Å². The number of rotatable bonds is 4. The third kappa shape index (κ3) is 3.20. The van der Waals surface area contributed by atoms with Crippen LogP contribution in [-0.2, 0) is 9.79 Å². The molecule has 2 aliphatic heterocycles. The average Bonchev–Trinajstić information content (AvgIpc) is 3.23. The molecule has 8 nitrogen and oxygen atoms in total. The van der Waals surface area contributed by atoms with E-state index in [1.165, 1.54) is 24.8 Å². The highest BCUT2D eigenvalue weighted by atomic mass is 32.2. The standard InChI is InChI=1S/C24H19N5O3S/c1-16-19-12-6-7-13-20(19)24(27(25-16)18-10-4-3-5-11-18)28(26-23(33-24)17(2)30)21-14-8-9-15-22(21)29(31)32/h3-15H,1-2H3/t24-/m0/s1. The van der Waals surface area contributed by atoms with E-state index < -0.39 is 9.92 Å². The first-order valence-corrected chi connectivity index (χ1v) is 11.1. The van der Waals surface area contributed by atoms with Gasteiger partial charge in [0.15, 0.2) is 10.8 Å². The first kappa shape index (κ1) is 20.9. The number of Topliss-reactive ketones (excluding diaryl/α,β-unsaturated/α-hetero) is 1. The van der Waals surface area contributed by atoms with Crippen LogP contribution < -0.4 is 10.0 Å². The van der Waals surface area contributed by atoms with Gasteiger partial charge in [0.1, 0.15) is 5.69 Å². The molecule has 33 heavy (non-hydrogen) atoms. The third-order valence-electron chi connectivity index (χ3n) is 5.53. The summed E-state index contributed by atoms with van der Waals surface area (Å²) < 4.78 is 0. The Hall–Kier alpha value is -3.98. The molecule has 0 unspecified atom stereocenters. The van der Waals surface area contributed by atoms with Crippen LogP contribution in [0.25, 0.3) is 0 Å². The van der Waals surface area contributed by atoms with E-state index in [9.17, 15) is 14.9 Å². The normalized spacial score (nSPS) is 19.2. The molecule has 0 saturated heterocycles. The zero-order chi connectivity index (χ0) is 23.2. The first-order chi connectivity index (χ1) is 15.9. The summed E-state index contributed by atoms with van der Waals surface area (Å²) in [5.74, 6) is -0.225. The number of fused-ring (bicyclic) bond motifs is 2. The molecule has 164 valence electrons. The van der Waals surface area contributed by atoms with E-state index in [1.54, 1.807) is 28.2 Å². The van der Waals surface area contributed by atoms with Crippen LogP contribution in [0, 0.1) is 10.1 Å². The number of benzene rings is 3. The van der Waals surface area contributed by atoms with E-state index in [4.69, 9.17) is 5.10 Å². The molecular formula is C24H19N5O3S. The van der Waals surface area contributed by atoms with Gasteiger partial charge in [-0.25, -0.2) is 10.0 Å². The Balaban J connectivity index is 1.85. The third-order valence-corrected chi connectivity index (χ3v) is 6.94. The molecule has 1 spiro atoms. The van der Waals surface area contributed by atoms with Crippen molar-refractivity contribution in [1.29, 1.82) is 0 Å². The second kappa shape index (κ2) is 7.86. The van der Waals surface area contributed by atoms with Crippen molar-refractivity contribution in [3.8, 4) is 0 Å². The number of carbonyl (C=O) groups is 1. The minimum Gasteiger partial charge on any atom is -0.292 e. The number of hydrogen-bond donors (Lipinski definition) is 0. The molecule has 0 amide bonds. The van der Waals surface area contributed by atoms with Gasteiger partial charge in [0, 0.05) is 24.1 Å². The van der Waals surface area contributed by atoms with Crippen molar-refractivity contribution in [2.24, 2.45) is 10.2 Å². The number of nitrogens with zero attached hydrogens (tertiary/aromatic N) is 5. The summed E-state index contributed by atoms with van der Waals surface area (Å²) in [6.45, 7) is 3.36. The summed E-state index contributed by atoms with van der Waals surface area (Å²) in [5, 5.41) is 25.1. The van der Waals surface area contributed by atoms with Gasteiger partial charge in [-0.3, -0.25) is 14.9 Å². The summed E-state index contributed by atoms with van der Waals surface area (Å²) in [5.41, 5.74) is 3.45. The van der Waals surface area contributed by atoms with Gasteiger partial charge in [-0.05, 0) is 36.9 Å². The highest BCUT2D eigenvalue weighted by molar-refractivity contribution is 8.17. The van der Waals surface area contributed by atoms with Crippen molar-refractivity contribution in [2.75, 3.05) is 10.0 Å². The Morgan fingerprint density at radius 3 is 2.33 bits per heavy atom. The van der Waals surface area contributed by atoms with Crippen molar-refractivity contribution in [3.05, 3.63) is 100 Å². The predicted octanol–water partition coefficient (Wildman–Crippen LogP) is 5.11. The summed E-state index contributed by atoms with van der Waals surface area (Å²) in [4.78, 5) is 22.8. The maximum Gasteiger partial charge on any atom is 0.294 e. The van der Waals surface area contributed by atoms with E-state index in [1.807, 2.05) is 61.5 Å². The molecule has 0 bridgehead atoms. The Labute approximate surface area is 194 Å². The van der Waals surface area contributed by atoms with Gasteiger partial charge in [0.25, 0.3) is 5.69 Å². The van der Waals surface area contributed by atoms with Crippen molar-refractivity contribution >= 4 is 45.4 Å². The lowest BCUT2D eigenvalue weighted by Gasteiger charge is -2.46. The Morgan fingerprint density at radius 2 is 1.61 bits per heavy atom. The topological polar surface area (TPSA) is 91.4 Å². The summed E-state index contributed by atoms with van der Waals surface area (Å²) in [6.07, 6.45) is 0. The van der Waals surface area contributed by atoms with Gasteiger partial charge in [-0.2, -0.15) is 10.2 Å². The molecule has 0 fully saturated rings. The summed E-state index contributed by atoms with van der Waals surface area (Å²) in [6, 6.07) is 23.7. The van der Waals surface area contributed by atoms with Crippen molar-refractivity contribution in [2.45, 2.75) is 18.8 Å². The maximum atomic E-state index is 12.5. The molecule has 5 rings (SSSR count). The molecule has 0 aliphatic carbocycles. The van der Waals surface area contributed by atoms with Crippen molar-refractivity contribution in [1.82, 2.24) is 0 Å². The van der Waals surface area contributed by atoms with Crippen LogP contribution in [-0.4, -0.2) is 21.5 Å². The molecule has 0 saturated carbocycles. The Kier molecular flexibility index (Phi) is 4.98. The lowest BCUT2D eigenvalue weighted by Crippen LogP contribution is -2.53. The van der Waals surface area contributed by atoms with Gasteiger partial charge >= 0.3 is 0 Å². The Bertz CT molecular complexity index is 1340. The van der Waals surface area contributed by atoms with E-state index in [0.717, 1.165) is 22.5 Å². The molecule has 3 aromatic carbocycles. The minimum absolute atomic E-state index is 0.109. The van der Waals surface area contributed by atoms with Gasteiger partial charge in [-0.15, -0.1) is 0 Å². The van der Waals surface area contributed by atoms with Crippen LogP contribution in [0.1, 0.15) is 25.0 Å². The number of para-hydroxylation sites is 3. The van der Waals surface area contributed by atoms with E-state index in [-0.39, 0.29) is 22.2 Å². The van der Waals surface area contributed by atoms with Crippen LogP contribution in [0.15, 0.2) is 89.1 Å². The maximum absolute atomic E-state index is 12.5. The van der Waals surface area contributed by atoms with Gasteiger partial charge in [0.2, 0.25) is 4.99 Å². The molecule has 2 heterocycles. The molecule has 0 aromatic heterocycles. The summed E-state index contributed by atoms with van der Waals surface area (Å²) >= 11 is 1.24. The quantitative estimate of drug-likeness (QED) is 0.400. The van der Waals surface area contributed by atoms with Crippen LogP contribution >= 0.6 is 11.8 Å². The number of nitro benzene ring substituents is 1. The molecule has 3 aromatic rings. The SMILES string of the molecule is CC(=O)C1=NN(c2ccccc2[N+](=O)[O-])[C@]2(S1)c1ccccc1C(C)=NN2c1ccccc1. The number of thioether (sulfide) groups is 1. The number of hydrazone groups is 2. The van der Waals surface area contributed by atoms with Gasteiger partial charge in [0.05, 0.1) is 16.3 Å². The second-order valence-corrected chi connectivity index (χ2v) is 8.77. The fourth-order valence-corrected chi connectivity index (χ4v) is 5.37. The molecule has 2 aliphatic rings. The largest absolute Gasteiger partial charge is 0.294 e. The van der Waals surface area contributed by atoms with E-state index in [0.29, 0.717) is 0 Å². The number of hydrogen-bond acceptors (Lipinski definition) is 8. The van der Waals surface area contributed by atoms with Gasteiger partial charge < -0.3 is 0 Å². The fraction of sp³-hybridized carbons (Fsp3) is 0.125. The zero-order valence-electron chi connectivity index (χ0n) is 17.9. The highest BCUT2D eigenvalue weighted by Crippen LogP contribution is 2.55. The van der Waals surface area contributed by atoms with E-state index in [2.05, 4.69) is 5.10 Å². The molecule has 0 radical (unpaired) electrons. The van der Waals surface area contributed by atoms with Crippen LogP contribution in [0.5, 0.6) is 0 Å². The summed E-state index contributed by atoms with van der Waals surface area (Å²) in [7, 11) is 0. The first-order valence-electron chi connectivity index (χ1n) is 10.3. The monoisotopic (exact) mass is 457 g/mol. The van der Waals surface area contributed by atoms with Crippen LogP contribution in [0.2, 0.25) is 0 Å². The van der Waals surface area contributed by atoms with Crippen LogP contribution in [0.4, 0.5) is 17.1 Å². The number of nitro groups is 1. The molecular weight excluding hydrogens is 438 g/mol. The number of ketones is 1. The minimum atomic E-state index is -1.18. The smallest absolute Gasteiger partial charge is 0.292 e. The zero-order valence-corrected chi connectivity index (χ0v) is 18.7. The number of carbonyl (C=O) groups excluding carboxylic acids is 1. The van der Waals surface area contributed by atoms with E-state index >= 15 is 0 Å². The van der Waals surface area contributed by atoms with Crippen molar-refractivity contribution < 1.29 is 9.72 Å². The second-order valence-electron chi connectivity index (χ2n) is 7.61. The molecule has 1 atom stereocenters. The Morgan fingerprint density at radius 1 is 0.939 bits per heavy atom. The number of anilines is 2. The predicted molar refractivity (Wildman–Crippen MR) is 131 cm³/mol.